The molecule has 1 aromatic rings. The van der Waals surface area contributed by atoms with E-state index >= 15 is 0 Å². The van der Waals surface area contributed by atoms with Gasteiger partial charge in [-0.15, -0.1) is 0 Å². The molecule has 96 valence electrons. The number of alkyl halides is 3. The Morgan fingerprint density at radius 3 is 2.29 bits per heavy atom. The average Bonchev–Trinajstić information content (AvgIpc) is 2.18. The number of nitrogens with two attached hydrogens (primary N) is 1. The van der Waals surface area contributed by atoms with Crippen LogP contribution in [-0.4, -0.2) is 12.3 Å². The van der Waals surface area contributed by atoms with Gasteiger partial charge in [0.05, 0.1) is 0 Å². The molecule has 0 bridgehead atoms. The van der Waals surface area contributed by atoms with Crippen LogP contribution < -0.4 is 10.5 Å². The Bertz CT molecular complexity index is 390. The monoisotopic (exact) mass is 251 g/mol. The van der Waals surface area contributed by atoms with Crippen LogP contribution in [0.4, 0.5) is 17.6 Å². The van der Waals surface area contributed by atoms with Crippen LogP contribution in [0.3, 0.4) is 0 Å². The first-order valence-corrected chi connectivity index (χ1v) is 5.00. The van der Waals surface area contributed by atoms with E-state index in [9.17, 15) is 17.6 Å². The van der Waals surface area contributed by atoms with Crippen molar-refractivity contribution in [3.63, 3.8) is 0 Å². The molecule has 2 N–H and O–H groups in total. The highest BCUT2D eigenvalue weighted by atomic mass is 19.4. The lowest BCUT2D eigenvalue weighted by molar-refractivity contribution is -0.189. The molecule has 0 aliphatic rings. The molecule has 6 heteroatoms. The maximum Gasteiger partial charge on any atom is 0.425 e. The van der Waals surface area contributed by atoms with Crippen molar-refractivity contribution >= 4 is 0 Å². The molecule has 0 aliphatic carbocycles. The molecule has 17 heavy (non-hydrogen) atoms. The topological polar surface area (TPSA) is 35.2 Å². The second-order valence-corrected chi connectivity index (χ2v) is 3.77. The number of halogens is 4. The lowest BCUT2D eigenvalue weighted by atomic mass is 10.1. The minimum Gasteiger partial charge on any atom is -0.481 e. The quantitative estimate of drug-likeness (QED) is 0.837. The summed E-state index contributed by atoms with van der Waals surface area (Å²) in [5.74, 6) is -0.615. The molecular formula is C11H13F4NO. The van der Waals surface area contributed by atoms with Gasteiger partial charge in [0.15, 0.2) is 6.10 Å². The van der Waals surface area contributed by atoms with Gasteiger partial charge in [0, 0.05) is 11.6 Å². The van der Waals surface area contributed by atoms with Crippen molar-refractivity contribution in [3.8, 4) is 5.75 Å². The molecule has 0 spiro atoms. The highest BCUT2D eigenvalue weighted by Crippen LogP contribution is 2.29. The third kappa shape index (κ3) is 3.59. The van der Waals surface area contributed by atoms with E-state index in [-0.39, 0.29) is 11.3 Å². The zero-order chi connectivity index (χ0) is 13.2. The van der Waals surface area contributed by atoms with Gasteiger partial charge in [-0.3, -0.25) is 0 Å². The third-order valence-electron chi connectivity index (χ3n) is 2.23. The number of hydrogen-bond donors (Lipinski definition) is 1. The summed E-state index contributed by atoms with van der Waals surface area (Å²) in [6.45, 7) is 2.42. The zero-order valence-electron chi connectivity index (χ0n) is 9.38. The number of benzene rings is 1. The Morgan fingerprint density at radius 2 is 1.82 bits per heavy atom. The van der Waals surface area contributed by atoms with Crippen LogP contribution >= 0.6 is 0 Å². The van der Waals surface area contributed by atoms with Gasteiger partial charge in [-0.1, -0.05) is 0 Å². The van der Waals surface area contributed by atoms with Gasteiger partial charge in [0.1, 0.15) is 11.6 Å². The first kappa shape index (κ1) is 13.8. The van der Waals surface area contributed by atoms with Crippen LogP contribution in [0.15, 0.2) is 18.2 Å². The summed E-state index contributed by atoms with van der Waals surface area (Å²) in [6, 6.07) is 2.64. The molecular weight excluding hydrogens is 238 g/mol. The molecule has 0 aliphatic heterocycles. The molecule has 0 heterocycles. The first-order chi connectivity index (χ1) is 7.71. The van der Waals surface area contributed by atoms with Crippen LogP contribution in [0, 0.1) is 5.82 Å². The van der Waals surface area contributed by atoms with E-state index in [1.165, 1.54) is 0 Å². The Labute approximate surface area is 96.4 Å². The van der Waals surface area contributed by atoms with Gasteiger partial charge in [0.2, 0.25) is 0 Å². The van der Waals surface area contributed by atoms with E-state index in [2.05, 4.69) is 0 Å². The summed E-state index contributed by atoms with van der Waals surface area (Å²) in [5, 5.41) is 0. The highest BCUT2D eigenvalue weighted by molar-refractivity contribution is 5.36. The number of ether oxygens (including phenoxy) is 1. The van der Waals surface area contributed by atoms with Crippen molar-refractivity contribution < 1.29 is 22.3 Å². The van der Waals surface area contributed by atoms with Crippen molar-refractivity contribution in [2.75, 3.05) is 0 Å². The van der Waals surface area contributed by atoms with Crippen molar-refractivity contribution in [3.05, 3.63) is 29.6 Å². The van der Waals surface area contributed by atoms with E-state index in [4.69, 9.17) is 10.5 Å². The predicted octanol–water partition coefficient (Wildman–Crippen LogP) is 3.18. The Kier molecular flexibility index (Phi) is 3.98. The molecule has 2 nitrogen and oxygen atoms in total. The molecule has 0 saturated carbocycles. The van der Waals surface area contributed by atoms with E-state index in [1.54, 1.807) is 6.92 Å². The van der Waals surface area contributed by atoms with Crippen LogP contribution in [0.2, 0.25) is 0 Å². The van der Waals surface area contributed by atoms with E-state index in [0.29, 0.717) is 0 Å². The minimum absolute atomic E-state index is 0.0498. The molecule has 2 unspecified atom stereocenters. The normalized spacial score (nSPS) is 15.5. The highest BCUT2D eigenvalue weighted by Gasteiger charge is 2.38. The fourth-order valence-corrected chi connectivity index (χ4v) is 1.24. The molecule has 0 amide bonds. The largest absolute Gasteiger partial charge is 0.481 e. The Balaban J connectivity index is 2.98. The maximum absolute atomic E-state index is 12.9. The molecule has 2 atom stereocenters. The van der Waals surface area contributed by atoms with Crippen molar-refractivity contribution in [1.29, 1.82) is 0 Å². The van der Waals surface area contributed by atoms with Gasteiger partial charge in [-0.05, 0) is 32.0 Å². The number of rotatable bonds is 3. The van der Waals surface area contributed by atoms with Crippen LogP contribution in [-0.2, 0) is 0 Å². The summed E-state index contributed by atoms with van der Waals surface area (Å²) in [5.41, 5.74) is 5.75. The second-order valence-electron chi connectivity index (χ2n) is 3.77. The van der Waals surface area contributed by atoms with E-state index in [0.717, 1.165) is 25.1 Å². The van der Waals surface area contributed by atoms with Crippen molar-refractivity contribution in [2.45, 2.75) is 32.2 Å². The van der Waals surface area contributed by atoms with Crippen molar-refractivity contribution in [1.82, 2.24) is 0 Å². The maximum atomic E-state index is 12.9. The molecule has 1 rings (SSSR count). The van der Waals surface area contributed by atoms with Gasteiger partial charge in [-0.25, -0.2) is 4.39 Å². The summed E-state index contributed by atoms with van der Waals surface area (Å²) in [4.78, 5) is 0. The first-order valence-electron chi connectivity index (χ1n) is 5.00. The fourth-order valence-electron chi connectivity index (χ4n) is 1.24. The van der Waals surface area contributed by atoms with Crippen molar-refractivity contribution in [2.24, 2.45) is 5.73 Å². The van der Waals surface area contributed by atoms with Crippen LogP contribution in [0.5, 0.6) is 5.75 Å². The lowest BCUT2D eigenvalue weighted by Crippen LogP contribution is -2.31. The Morgan fingerprint density at radius 1 is 1.24 bits per heavy atom. The number of hydrogen-bond acceptors (Lipinski definition) is 2. The standard InChI is InChI=1S/C11H13F4NO/c1-6(16)9-5-8(12)3-4-10(9)17-7(2)11(13,14)15/h3-7H,16H2,1-2H3. The van der Waals surface area contributed by atoms with Crippen LogP contribution in [0.1, 0.15) is 25.5 Å². The smallest absolute Gasteiger partial charge is 0.425 e. The summed E-state index contributed by atoms with van der Waals surface area (Å²) < 4.78 is 54.6. The molecule has 0 aromatic heterocycles. The SMILES string of the molecule is CC(N)c1cc(F)ccc1OC(C)C(F)(F)F. The van der Waals surface area contributed by atoms with Crippen LogP contribution in [0.25, 0.3) is 0 Å². The summed E-state index contributed by atoms with van der Waals surface area (Å²) in [6.07, 6.45) is -6.44. The minimum atomic E-state index is -4.47. The van der Waals surface area contributed by atoms with Gasteiger partial charge >= 0.3 is 6.18 Å². The predicted molar refractivity (Wildman–Crippen MR) is 55.1 cm³/mol. The summed E-state index contributed by atoms with van der Waals surface area (Å²) >= 11 is 0. The van der Waals surface area contributed by atoms with Gasteiger partial charge in [-0.2, -0.15) is 13.2 Å². The molecule has 0 fully saturated rings. The van der Waals surface area contributed by atoms with Gasteiger partial charge in [0.25, 0.3) is 0 Å². The molecule has 0 saturated heterocycles. The van der Waals surface area contributed by atoms with Gasteiger partial charge < -0.3 is 10.5 Å². The molecule has 1 aromatic carbocycles. The fraction of sp³-hybridized carbons (Fsp3) is 0.455. The average molecular weight is 251 g/mol. The summed E-state index contributed by atoms with van der Waals surface area (Å²) in [7, 11) is 0. The third-order valence-corrected chi connectivity index (χ3v) is 2.23. The zero-order valence-corrected chi connectivity index (χ0v) is 9.38. The molecule has 0 radical (unpaired) electrons. The lowest BCUT2D eigenvalue weighted by Gasteiger charge is -2.20. The second kappa shape index (κ2) is 4.91. The Hall–Kier alpha value is -1.30. The van der Waals surface area contributed by atoms with E-state index in [1.807, 2.05) is 0 Å². The van der Waals surface area contributed by atoms with E-state index < -0.39 is 24.1 Å².